The van der Waals surface area contributed by atoms with Crippen LogP contribution in [0.1, 0.15) is 18.5 Å². The van der Waals surface area contributed by atoms with E-state index in [1.165, 1.54) is 0 Å². The molecule has 0 heterocycles. The zero-order valence-electron chi connectivity index (χ0n) is 7.66. The van der Waals surface area contributed by atoms with E-state index >= 15 is 0 Å². The second-order valence-corrected chi connectivity index (χ2v) is 2.82. The summed E-state index contributed by atoms with van der Waals surface area (Å²) in [4.78, 5) is 0. The Balaban J connectivity index is 2.86. The van der Waals surface area contributed by atoms with Crippen molar-refractivity contribution < 1.29 is 4.74 Å². The molecule has 0 unspecified atom stereocenters. The summed E-state index contributed by atoms with van der Waals surface area (Å²) in [6, 6.07) is 7.61. The van der Waals surface area contributed by atoms with Gasteiger partial charge in [-0.2, -0.15) is 0 Å². The van der Waals surface area contributed by atoms with Gasteiger partial charge in [0.1, 0.15) is 12.4 Å². The minimum absolute atomic E-state index is 0.0334. The third-order valence-corrected chi connectivity index (χ3v) is 1.72. The van der Waals surface area contributed by atoms with Crippen molar-refractivity contribution in [1.82, 2.24) is 0 Å². The lowest BCUT2D eigenvalue weighted by molar-refractivity contribution is 0.364. The molecule has 0 aliphatic heterocycles. The van der Waals surface area contributed by atoms with Gasteiger partial charge in [0.25, 0.3) is 0 Å². The summed E-state index contributed by atoms with van der Waals surface area (Å²) >= 11 is 0. The third kappa shape index (κ3) is 2.50. The highest BCUT2D eigenvalue weighted by atomic mass is 16.5. The van der Waals surface area contributed by atoms with Crippen LogP contribution in [0.5, 0.6) is 5.75 Å². The molecule has 2 heteroatoms. The van der Waals surface area contributed by atoms with Gasteiger partial charge in [0.15, 0.2) is 0 Å². The van der Waals surface area contributed by atoms with Gasteiger partial charge in [-0.15, -0.1) is 6.42 Å². The molecule has 1 aromatic carbocycles. The zero-order chi connectivity index (χ0) is 9.68. The third-order valence-electron chi connectivity index (χ3n) is 1.72. The van der Waals surface area contributed by atoms with Crippen LogP contribution >= 0.6 is 0 Å². The van der Waals surface area contributed by atoms with E-state index in [4.69, 9.17) is 16.9 Å². The van der Waals surface area contributed by atoms with Crippen molar-refractivity contribution >= 4 is 0 Å². The van der Waals surface area contributed by atoms with Crippen molar-refractivity contribution in [2.45, 2.75) is 13.0 Å². The molecule has 0 aliphatic rings. The summed E-state index contributed by atoms with van der Waals surface area (Å²) in [5, 5.41) is 0. The van der Waals surface area contributed by atoms with E-state index < -0.39 is 0 Å². The van der Waals surface area contributed by atoms with Gasteiger partial charge in [-0.1, -0.05) is 24.1 Å². The number of hydrogen-bond acceptors (Lipinski definition) is 2. The van der Waals surface area contributed by atoms with Crippen LogP contribution in [0, 0.1) is 12.3 Å². The monoisotopic (exact) mass is 175 g/mol. The van der Waals surface area contributed by atoms with E-state index in [2.05, 4.69) is 5.92 Å². The number of ether oxygens (including phenoxy) is 1. The van der Waals surface area contributed by atoms with Gasteiger partial charge in [0.2, 0.25) is 0 Å². The molecule has 0 aliphatic carbocycles. The SMILES string of the molecule is C#CCOc1ccccc1[C@H](C)N. The quantitative estimate of drug-likeness (QED) is 0.710. The van der Waals surface area contributed by atoms with E-state index in [1.807, 2.05) is 31.2 Å². The summed E-state index contributed by atoms with van der Waals surface area (Å²) in [6.07, 6.45) is 5.10. The fourth-order valence-corrected chi connectivity index (χ4v) is 1.11. The normalized spacial score (nSPS) is 11.8. The maximum absolute atomic E-state index is 5.75. The maximum atomic E-state index is 5.75. The molecule has 0 radical (unpaired) electrons. The number of para-hydroxylation sites is 1. The second-order valence-electron chi connectivity index (χ2n) is 2.82. The topological polar surface area (TPSA) is 35.2 Å². The minimum Gasteiger partial charge on any atom is -0.481 e. The largest absolute Gasteiger partial charge is 0.481 e. The van der Waals surface area contributed by atoms with Crippen molar-refractivity contribution in [2.75, 3.05) is 6.61 Å². The molecule has 0 fully saturated rings. The molecule has 0 saturated carbocycles. The van der Waals surface area contributed by atoms with Crippen LogP contribution in [0.2, 0.25) is 0 Å². The van der Waals surface area contributed by atoms with Gasteiger partial charge in [0.05, 0.1) is 0 Å². The fraction of sp³-hybridized carbons (Fsp3) is 0.273. The Morgan fingerprint density at radius 2 is 2.23 bits per heavy atom. The first kappa shape index (κ1) is 9.63. The maximum Gasteiger partial charge on any atom is 0.148 e. The Morgan fingerprint density at radius 1 is 1.54 bits per heavy atom. The molecule has 2 nitrogen and oxygen atoms in total. The molecule has 0 amide bonds. The van der Waals surface area contributed by atoms with Crippen molar-refractivity contribution in [3.8, 4) is 18.1 Å². The fourth-order valence-electron chi connectivity index (χ4n) is 1.11. The van der Waals surface area contributed by atoms with E-state index in [0.29, 0.717) is 0 Å². The van der Waals surface area contributed by atoms with Crippen LogP contribution in [-0.4, -0.2) is 6.61 Å². The molecular weight excluding hydrogens is 162 g/mol. The number of rotatable bonds is 3. The van der Waals surface area contributed by atoms with Crippen molar-refractivity contribution in [2.24, 2.45) is 5.73 Å². The highest BCUT2D eigenvalue weighted by molar-refractivity contribution is 5.35. The highest BCUT2D eigenvalue weighted by Crippen LogP contribution is 2.22. The van der Waals surface area contributed by atoms with Gasteiger partial charge < -0.3 is 10.5 Å². The smallest absolute Gasteiger partial charge is 0.148 e. The summed E-state index contributed by atoms with van der Waals surface area (Å²) in [5.74, 6) is 3.19. The standard InChI is InChI=1S/C11H13NO/c1-3-8-13-11-7-5-4-6-10(11)9(2)12/h1,4-7,9H,8,12H2,2H3/t9-/m0/s1. The lowest BCUT2D eigenvalue weighted by atomic mass is 10.1. The average molecular weight is 175 g/mol. The Labute approximate surface area is 78.7 Å². The Hall–Kier alpha value is -1.46. The molecule has 0 bridgehead atoms. The number of benzene rings is 1. The predicted octanol–water partition coefficient (Wildman–Crippen LogP) is 1.72. The number of terminal acetylenes is 1. The molecule has 1 rings (SSSR count). The van der Waals surface area contributed by atoms with Crippen LogP contribution in [0.25, 0.3) is 0 Å². The second kappa shape index (κ2) is 4.54. The summed E-state index contributed by atoms with van der Waals surface area (Å²) in [5.41, 5.74) is 6.74. The molecular formula is C11H13NO. The summed E-state index contributed by atoms with van der Waals surface area (Å²) in [7, 11) is 0. The molecule has 1 atom stereocenters. The highest BCUT2D eigenvalue weighted by Gasteiger charge is 2.05. The van der Waals surface area contributed by atoms with Crippen LogP contribution in [0.15, 0.2) is 24.3 Å². The van der Waals surface area contributed by atoms with E-state index in [-0.39, 0.29) is 12.6 Å². The Morgan fingerprint density at radius 3 is 2.85 bits per heavy atom. The molecule has 0 spiro atoms. The first-order chi connectivity index (χ1) is 6.25. The van der Waals surface area contributed by atoms with E-state index in [0.717, 1.165) is 11.3 Å². The molecule has 68 valence electrons. The Bertz CT molecular complexity index is 312. The lowest BCUT2D eigenvalue weighted by Gasteiger charge is -2.11. The molecule has 0 aromatic heterocycles. The summed E-state index contributed by atoms with van der Waals surface area (Å²) < 4.78 is 5.33. The number of nitrogens with two attached hydrogens (primary N) is 1. The van der Waals surface area contributed by atoms with Gasteiger partial charge in [0, 0.05) is 11.6 Å². The first-order valence-corrected chi connectivity index (χ1v) is 4.16. The van der Waals surface area contributed by atoms with Crippen molar-refractivity contribution in [3.05, 3.63) is 29.8 Å². The Kier molecular flexibility index (Phi) is 3.36. The van der Waals surface area contributed by atoms with Crippen LogP contribution in [0.3, 0.4) is 0 Å². The van der Waals surface area contributed by atoms with E-state index in [1.54, 1.807) is 0 Å². The van der Waals surface area contributed by atoms with Crippen LogP contribution in [0.4, 0.5) is 0 Å². The first-order valence-electron chi connectivity index (χ1n) is 4.16. The average Bonchev–Trinajstić information content (AvgIpc) is 2.15. The van der Waals surface area contributed by atoms with E-state index in [9.17, 15) is 0 Å². The van der Waals surface area contributed by atoms with Gasteiger partial charge in [-0.05, 0) is 13.0 Å². The molecule has 13 heavy (non-hydrogen) atoms. The molecule has 0 saturated heterocycles. The van der Waals surface area contributed by atoms with Crippen LogP contribution in [-0.2, 0) is 0 Å². The van der Waals surface area contributed by atoms with Gasteiger partial charge >= 0.3 is 0 Å². The molecule has 1 aromatic rings. The predicted molar refractivity (Wildman–Crippen MR) is 53.4 cm³/mol. The van der Waals surface area contributed by atoms with Gasteiger partial charge in [-0.3, -0.25) is 0 Å². The van der Waals surface area contributed by atoms with Crippen molar-refractivity contribution in [1.29, 1.82) is 0 Å². The van der Waals surface area contributed by atoms with Crippen LogP contribution < -0.4 is 10.5 Å². The summed E-state index contributed by atoms with van der Waals surface area (Å²) in [6.45, 7) is 2.20. The number of hydrogen-bond donors (Lipinski definition) is 1. The molecule has 2 N–H and O–H groups in total. The zero-order valence-corrected chi connectivity index (χ0v) is 7.66. The minimum atomic E-state index is -0.0334. The lowest BCUT2D eigenvalue weighted by Crippen LogP contribution is -2.07. The van der Waals surface area contributed by atoms with Gasteiger partial charge in [-0.25, -0.2) is 0 Å². The van der Waals surface area contributed by atoms with Crippen molar-refractivity contribution in [3.63, 3.8) is 0 Å².